The number of halogens is 4. The lowest BCUT2D eigenvalue weighted by Crippen LogP contribution is -2.16. The van der Waals surface area contributed by atoms with Crippen LogP contribution in [0.2, 0.25) is 5.02 Å². The van der Waals surface area contributed by atoms with E-state index in [9.17, 15) is 17.6 Å². The topological polar surface area (TPSA) is 134 Å². The van der Waals surface area contributed by atoms with E-state index in [-0.39, 0.29) is 16.3 Å². The summed E-state index contributed by atoms with van der Waals surface area (Å²) in [6, 6.07) is 4.65. The number of aromatic amines is 1. The Morgan fingerprint density at radius 3 is 2.59 bits per heavy atom. The molecule has 0 unspecified atom stereocenters. The fourth-order valence-electron chi connectivity index (χ4n) is 3.24. The van der Waals surface area contributed by atoms with Gasteiger partial charge in [0.2, 0.25) is 5.88 Å². The van der Waals surface area contributed by atoms with E-state index in [4.69, 9.17) is 21.4 Å². The molecule has 34 heavy (non-hydrogen) atoms. The van der Waals surface area contributed by atoms with Crippen molar-refractivity contribution in [2.24, 2.45) is 0 Å². The van der Waals surface area contributed by atoms with Crippen molar-refractivity contribution in [1.29, 1.82) is 0 Å². The van der Waals surface area contributed by atoms with Crippen molar-refractivity contribution in [2.75, 3.05) is 11.8 Å². The zero-order valence-electron chi connectivity index (χ0n) is 16.9. The maximum absolute atomic E-state index is 15.3. The van der Waals surface area contributed by atoms with Crippen LogP contribution in [0.1, 0.15) is 10.5 Å². The van der Waals surface area contributed by atoms with Gasteiger partial charge < -0.3 is 9.84 Å². The highest BCUT2D eigenvalue weighted by Gasteiger charge is 2.27. The van der Waals surface area contributed by atoms with Crippen LogP contribution in [0.15, 0.2) is 41.4 Å². The Bertz CT molecular complexity index is 1580. The molecular formula is C20H12ClF3N4O5S. The fraction of sp³-hybridized carbons (Fsp3) is 0.0500. The van der Waals surface area contributed by atoms with Crippen LogP contribution in [0.3, 0.4) is 0 Å². The summed E-state index contributed by atoms with van der Waals surface area (Å²) >= 11 is 5.81. The minimum Gasteiger partial charge on any atom is -0.480 e. The van der Waals surface area contributed by atoms with E-state index in [2.05, 4.69) is 15.2 Å². The number of carboxylic acid groups (broad SMARTS) is 1. The molecule has 176 valence electrons. The molecule has 9 nitrogen and oxygen atoms in total. The maximum atomic E-state index is 15.3. The Morgan fingerprint density at radius 1 is 1.18 bits per heavy atom. The molecule has 0 fully saturated rings. The molecule has 0 aliphatic rings. The average Bonchev–Trinajstić information content (AvgIpc) is 3.22. The number of carboxylic acids is 1. The highest BCUT2D eigenvalue weighted by Crippen LogP contribution is 2.36. The number of rotatable bonds is 6. The Kier molecular flexibility index (Phi) is 5.83. The second-order valence-electron chi connectivity index (χ2n) is 6.78. The predicted molar refractivity (Wildman–Crippen MR) is 115 cm³/mol. The Morgan fingerprint density at radius 2 is 1.91 bits per heavy atom. The number of H-pyrrole nitrogens is 1. The molecule has 4 rings (SSSR count). The van der Waals surface area contributed by atoms with Crippen LogP contribution < -0.4 is 9.46 Å². The molecule has 0 aliphatic carbocycles. The molecule has 2 aromatic carbocycles. The van der Waals surface area contributed by atoms with Gasteiger partial charge in [-0.15, -0.1) is 0 Å². The fourth-order valence-corrected chi connectivity index (χ4v) is 4.66. The molecule has 14 heteroatoms. The number of nitrogens with zero attached hydrogens (tertiary/aromatic N) is 2. The number of aromatic nitrogens is 3. The lowest BCUT2D eigenvalue weighted by Gasteiger charge is -2.14. The summed E-state index contributed by atoms with van der Waals surface area (Å²) in [5.41, 5.74) is -3.07. The molecule has 2 aromatic heterocycles. The van der Waals surface area contributed by atoms with E-state index >= 15 is 8.78 Å². The monoisotopic (exact) mass is 512 g/mol. The molecule has 0 spiro atoms. The lowest BCUT2D eigenvalue weighted by atomic mass is 10.0. The minimum absolute atomic E-state index is 0.0449. The smallest absolute Gasteiger partial charge is 0.354 e. The average molecular weight is 513 g/mol. The largest absolute Gasteiger partial charge is 0.480 e. The molecular weight excluding hydrogens is 501 g/mol. The van der Waals surface area contributed by atoms with Gasteiger partial charge in [0.15, 0.2) is 22.2 Å². The molecule has 0 aliphatic heterocycles. The van der Waals surface area contributed by atoms with Crippen LogP contribution in [0.25, 0.3) is 22.0 Å². The first-order valence-corrected chi connectivity index (χ1v) is 11.0. The van der Waals surface area contributed by atoms with Crippen LogP contribution in [0, 0.1) is 17.5 Å². The molecule has 3 N–H and O–H groups in total. The number of hydrogen-bond acceptors (Lipinski definition) is 6. The van der Waals surface area contributed by atoms with Crippen molar-refractivity contribution in [1.82, 2.24) is 15.2 Å². The number of pyridine rings is 1. The van der Waals surface area contributed by atoms with Gasteiger partial charge in [-0.3, -0.25) is 9.82 Å². The molecule has 0 saturated carbocycles. The summed E-state index contributed by atoms with van der Waals surface area (Å²) < 4.78 is 77.5. The van der Waals surface area contributed by atoms with Gasteiger partial charge in [0, 0.05) is 17.1 Å². The second kappa shape index (κ2) is 8.50. The standard InChI is InChI=1S/C20H12ClF3N4O5S/c1-33-19-13(6-8(21)7-25-19)34(31,32)28-12-5-4-11(22)14(16(12)24)9-2-3-10-17(15(9)23)26-27-18(10)20(29)30/h2-7,28H,1H3,(H,26,27)(H,29,30). The zero-order chi connectivity index (χ0) is 24.8. The molecule has 0 amide bonds. The van der Waals surface area contributed by atoms with Gasteiger partial charge >= 0.3 is 5.97 Å². The zero-order valence-corrected chi connectivity index (χ0v) is 18.4. The van der Waals surface area contributed by atoms with E-state index in [1.807, 2.05) is 4.72 Å². The molecule has 0 atom stereocenters. The Hall–Kier alpha value is -3.84. The van der Waals surface area contributed by atoms with E-state index in [0.717, 1.165) is 43.6 Å². The van der Waals surface area contributed by atoms with E-state index in [0.29, 0.717) is 0 Å². The number of anilines is 1. The molecule has 0 radical (unpaired) electrons. The lowest BCUT2D eigenvalue weighted by molar-refractivity contribution is 0.0692. The van der Waals surface area contributed by atoms with Crippen molar-refractivity contribution in [3.8, 4) is 17.0 Å². The maximum Gasteiger partial charge on any atom is 0.354 e. The Balaban J connectivity index is 1.83. The summed E-state index contributed by atoms with van der Waals surface area (Å²) in [6.07, 6.45) is 1.14. The normalized spacial score (nSPS) is 11.6. The van der Waals surface area contributed by atoms with Crippen molar-refractivity contribution in [3.63, 3.8) is 0 Å². The van der Waals surface area contributed by atoms with Gasteiger partial charge in [0.05, 0.1) is 23.4 Å². The number of benzene rings is 2. The van der Waals surface area contributed by atoms with Gasteiger partial charge in [-0.2, -0.15) is 5.10 Å². The van der Waals surface area contributed by atoms with Crippen molar-refractivity contribution >= 4 is 44.2 Å². The van der Waals surface area contributed by atoms with Crippen LogP contribution in [0.5, 0.6) is 5.88 Å². The number of aromatic carboxylic acids is 1. The third kappa shape index (κ3) is 3.88. The molecule has 2 heterocycles. The number of fused-ring (bicyclic) bond motifs is 1. The van der Waals surface area contributed by atoms with Crippen molar-refractivity contribution in [3.05, 3.63) is 64.7 Å². The number of nitrogens with one attached hydrogen (secondary N) is 2. The van der Waals surface area contributed by atoms with E-state index < -0.39 is 66.4 Å². The first-order chi connectivity index (χ1) is 16.0. The number of sulfonamides is 1. The van der Waals surface area contributed by atoms with Crippen LogP contribution in [-0.2, 0) is 10.0 Å². The summed E-state index contributed by atoms with van der Waals surface area (Å²) in [6.45, 7) is 0. The highest BCUT2D eigenvalue weighted by atomic mass is 35.5. The van der Waals surface area contributed by atoms with Crippen molar-refractivity contribution < 1.29 is 36.2 Å². The highest BCUT2D eigenvalue weighted by molar-refractivity contribution is 7.92. The number of methoxy groups -OCH3 is 1. The number of ether oxygens (including phenoxy) is 1. The van der Waals surface area contributed by atoms with E-state index in [1.165, 1.54) is 0 Å². The quantitative estimate of drug-likeness (QED) is 0.352. The first kappa shape index (κ1) is 23.3. The summed E-state index contributed by atoms with van der Waals surface area (Å²) in [5.74, 6) is -5.57. The van der Waals surface area contributed by atoms with Crippen LogP contribution >= 0.6 is 11.6 Å². The van der Waals surface area contributed by atoms with Gasteiger partial charge in [-0.05, 0) is 24.3 Å². The SMILES string of the molecule is COc1ncc(Cl)cc1S(=O)(=O)Nc1ccc(F)c(-c2ccc3c(C(=O)O)[nH]nc3c2F)c1F. The molecule has 0 bridgehead atoms. The third-order valence-corrected chi connectivity index (χ3v) is 6.32. The van der Waals surface area contributed by atoms with Crippen LogP contribution in [0.4, 0.5) is 18.9 Å². The minimum atomic E-state index is -4.52. The van der Waals surface area contributed by atoms with Gasteiger partial charge in [0.25, 0.3) is 10.0 Å². The van der Waals surface area contributed by atoms with Gasteiger partial charge in [-0.1, -0.05) is 17.7 Å². The third-order valence-electron chi connectivity index (χ3n) is 4.75. The van der Waals surface area contributed by atoms with Crippen LogP contribution in [-0.4, -0.2) is 41.8 Å². The summed E-state index contributed by atoms with van der Waals surface area (Å²) in [7, 11) is -3.36. The molecule has 4 aromatic rings. The Labute approximate surface area is 194 Å². The number of carbonyl (C=O) groups is 1. The second-order valence-corrected chi connectivity index (χ2v) is 8.86. The van der Waals surface area contributed by atoms with Crippen molar-refractivity contribution in [2.45, 2.75) is 4.90 Å². The predicted octanol–water partition coefficient (Wildman–Crippen LogP) is 4.20. The van der Waals surface area contributed by atoms with Gasteiger partial charge in [-0.25, -0.2) is 31.4 Å². The number of hydrogen-bond donors (Lipinski definition) is 3. The van der Waals surface area contributed by atoms with E-state index in [1.54, 1.807) is 0 Å². The summed E-state index contributed by atoms with van der Waals surface area (Å²) in [5, 5.41) is 14.7. The first-order valence-electron chi connectivity index (χ1n) is 9.15. The molecule has 0 saturated heterocycles. The van der Waals surface area contributed by atoms with Gasteiger partial charge in [0.1, 0.15) is 11.3 Å². The summed E-state index contributed by atoms with van der Waals surface area (Å²) in [4.78, 5) is 14.4.